The van der Waals surface area contributed by atoms with Gasteiger partial charge < -0.3 is 5.11 Å². The van der Waals surface area contributed by atoms with E-state index in [4.69, 9.17) is 5.11 Å². The Morgan fingerprint density at radius 2 is 1.62 bits per heavy atom. The number of aliphatic imine (C=N–C) groups is 1. The van der Waals surface area contributed by atoms with E-state index in [0.717, 1.165) is 16.6 Å². The van der Waals surface area contributed by atoms with Crippen LogP contribution < -0.4 is 0 Å². The Kier molecular flexibility index (Phi) is 3.48. The standard InChI is InChI=1S/C18H13NO2/c20-18(21)14-8-10-16(11-9-14)19-12-15-6-3-5-13-4-1-2-7-17(13)15/h1-12H,(H,20,21). The molecule has 3 rings (SSSR count). The van der Waals surface area contributed by atoms with Gasteiger partial charge in [0, 0.05) is 11.8 Å². The van der Waals surface area contributed by atoms with Crippen LogP contribution in [0, 0.1) is 0 Å². The average molecular weight is 275 g/mol. The molecule has 3 aromatic carbocycles. The van der Waals surface area contributed by atoms with Crippen LogP contribution >= 0.6 is 0 Å². The lowest BCUT2D eigenvalue weighted by Gasteiger charge is -2.01. The van der Waals surface area contributed by atoms with Gasteiger partial charge in [0.05, 0.1) is 11.3 Å². The van der Waals surface area contributed by atoms with Crippen LogP contribution in [0.5, 0.6) is 0 Å². The predicted molar refractivity (Wildman–Crippen MR) is 84.6 cm³/mol. The monoisotopic (exact) mass is 275 g/mol. The largest absolute Gasteiger partial charge is 0.478 e. The molecule has 21 heavy (non-hydrogen) atoms. The summed E-state index contributed by atoms with van der Waals surface area (Å²) >= 11 is 0. The Bertz CT molecular complexity index is 815. The van der Waals surface area contributed by atoms with Crippen molar-refractivity contribution in [3.05, 3.63) is 77.9 Å². The minimum atomic E-state index is -0.931. The fraction of sp³-hybridized carbons (Fsp3) is 0. The molecule has 0 fully saturated rings. The van der Waals surface area contributed by atoms with Gasteiger partial charge in [-0.05, 0) is 35.0 Å². The Hall–Kier alpha value is -2.94. The molecular formula is C18H13NO2. The van der Waals surface area contributed by atoms with Crippen LogP contribution in [-0.4, -0.2) is 17.3 Å². The van der Waals surface area contributed by atoms with Crippen LogP contribution in [0.2, 0.25) is 0 Å². The molecule has 0 saturated heterocycles. The highest BCUT2D eigenvalue weighted by Gasteiger charge is 2.01. The fourth-order valence-electron chi connectivity index (χ4n) is 2.20. The van der Waals surface area contributed by atoms with Gasteiger partial charge in [0.15, 0.2) is 0 Å². The normalized spacial score (nSPS) is 11.0. The van der Waals surface area contributed by atoms with Crippen LogP contribution in [0.15, 0.2) is 71.7 Å². The first-order valence-corrected chi connectivity index (χ1v) is 6.59. The lowest BCUT2D eigenvalue weighted by Crippen LogP contribution is -1.94. The summed E-state index contributed by atoms with van der Waals surface area (Å²) in [6.45, 7) is 0. The van der Waals surface area contributed by atoms with Crippen molar-refractivity contribution >= 4 is 28.6 Å². The minimum Gasteiger partial charge on any atom is -0.478 e. The maximum atomic E-state index is 10.8. The van der Waals surface area contributed by atoms with Gasteiger partial charge in [0.1, 0.15) is 0 Å². The Morgan fingerprint density at radius 3 is 2.38 bits per heavy atom. The second kappa shape index (κ2) is 5.59. The van der Waals surface area contributed by atoms with Gasteiger partial charge in [-0.1, -0.05) is 42.5 Å². The molecule has 3 heteroatoms. The number of hydrogen-bond donors (Lipinski definition) is 1. The molecule has 0 aliphatic carbocycles. The molecule has 0 amide bonds. The highest BCUT2D eigenvalue weighted by Crippen LogP contribution is 2.18. The smallest absolute Gasteiger partial charge is 0.335 e. The molecular weight excluding hydrogens is 262 g/mol. The highest BCUT2D eigenvalue weighted by molar-refractivity contribution is 6.00. The summed E-state index contributed by atoms with van der Waals surface area (Å²) in [7, 11) is 0. The second-order valence-corrected chi connectivity index (χ2v) is 4.68. The molecule has 0 aromatic heterocycles. The van der Waals surface area contributed by atoms with E-state index in [1.807, 2.05) is 24.3 Å². The first kappa shape index (κ1) is 13.1. The Balaban J connectivity index is 1.92. The minimum absolute atomic E-state index is 0.263. The zero-order valence-electron chi connectivity index (χ0n) is 11.2. The van der Waals surface area contributed by atoms with Gasteiger partial charge in [-0.15, -0.1) is 0 Å². The number of carboxylic acid groups (broad SMARTS) is 1. The summed E-state index contributed by atoms with van der Waals surface area (Å²) in [6.07, 6.45) is 1.80. The third-order valence-corrected chi connectivity index (χ3v) is 3.29. The number of carboxylic acids is 1. The topological polar surface area (TPSA) is 49.7 Å². The van der Waals surface area contributed by atoms with E-state index in [-0.39, 0.29) is 5.56 Å². The van der Waals surface area contributed by atoms with Gasteiger partial charge >= 0.3 is 5.97 Å². The molecule has 0 spiro atoms. The number of rotatable bonds is 3. The Labute approximate surface area is 122 Å². The van der Waals surface area contributed by atoms with E-state index in [1.54, 1.807) is 30.5 Å². The molecule has 102 valence electrons. The molecule has 0 heterocycles. The maximum Gasteiger partial charge on any atom is 0.335 e. The summed E-state index contributed by atoms with van der Waals surface area (Å²) in [5.41, 5.74) is 2.03. The number of carbonyl (C=O) groups is 1. The molecule has 1 N–H and O–H groups in total. The van der Waals surface area contributed by atoms with Crippen molar-refractivity contribution in [3.8, 4) is 0 Å². The molecule has 0 unspecified atom stereocenters. The van der Waals surface area contributed by atoms with Gasteiger partial charge in [0.2, 0.25) is 0 Å². The van der Waals surface area contributed by atoms with Crippen molar-refractivity contribution in [3.63, 3.8) is 0 Å². The van der Waals surface area contributed by atoms with Crippen LogP contribution in [-0.2, 0) is 0 Å². The van der Waals surface area contributed by atoms with Crippen molar-refractivity contribution in [2.45, 2.75) is 0 Å². The summed E-state index contributed by atoms with van der Waals surface area (Å²) in [4.78, 5) is 15.2. The lowest BCUT2D eigenvalue weighted by atomic mass is 10.1. The number of benzene rings is 3. The Morgan fingerprint density at radius 1 is 0.905 bits per heavy atom. The SMILES string of the molecule is O=C(O)c1ccc(N=Cc2cccc3ccccc23)cc1. The molecule has 0 saturated carbocycles. The van der Waals surface area contributed by atoms with Crippen LogP contribution in [0.25, 0.3) is 10.8 Å². The first-order chi connectivity index (χ1) is 10.2. The number of fused-ring (bicyclic) bond motifs is 1. The third-order valence-electron chi connectivity index (χ3n) is 3.29. The number of nitrogens with zero attached hydrogens (tertiary/aromatic N) is 1. The van der Waals surface area contributed by atoms with Crippen molar-refractivity contribution < 1.29 is 9.90 Å². The average Bonchev–Trinajstić information content (AvgIpc) is 2.53. The van der Waals surface area contributed by atoms with Crippen LogP contribution in [0.3, 0.4) is 0 Å². The highest BCUT2D eigenvalue weighted by atomic mass is 16.4. The first-order valence-electron chi connectivity index (χ1n) is 6.59. The van der Waals surface area contributed by atoms with Crippen LogP contribution in [0.1, 0.15) is 15.9 Å². The predicted octanol–water partition coefficient (Wildman–Crippen LogP) is 4.29. The molecule has 0 bridgehead atoms. The van der Waals surface area contributed by atoms with Crippen molar-refractivity contribution in [2.75, 3.05) is 0 Å². The summed E-state index contributed by atoms with van der Waals surface area (Å²) in [6, 6.07) is 20.7. The van der Waals surface area contributed by atoms with Gasteiger partial charge in [-0.2, -0.15) is 0 Å². The van der Waals surface area contributed by atoms with E-state index < -0.39 is 5.97 Å². The van der Waals surface area contributed by atoms with Crippen molar-refractivity contribution in [1.82, 2.24) is 0 Å². The molecule has 0 aliphatic heterocycles. The molecule has 0 atom stereocenters. The van der Waals surface area contributed by atoms with E-state index in [1.165, 1.54) is 5.39 Å². The van der Waals surface area contributed by atoms with Gasteiger partial charge in [0.25, 0.3) is 0 Å². The van der Waals surface area contributed by atoms with E-state index in [9.17, 15) is 4.79 Å². The zero-order valence-corrected chi connectivity index (χ0v) is 11.2. The van der Waals surface area contributed by atoms with Gasteiger partial charge in [-0.3, -0.25) is 4.99 Å². The molecule has 0 aliphatic rings. The molecule has 0 radical (unpaired) electrons. The number of aromatic carboxylic acids is 1. The van der Waals surface area contributed by atoms with E-state index in [2.05, 4.69) is 23.2 Å². The zero-order chi connectivity index (χ0) is 14.7. The van der Waals surface area contributed by atoms with Crippen molar-refractivity contribution in [1.29, 1.82) is 0 Å². The van der Waals surface area contributed by atoms with Gasteiger partial charge in [-0.25, -0.2) is 4.79 Å². The second-order valence-electron chi connectivity index (χ2n) is 4.68. The fourth-order valence-corrected chi connectivity index (χ4v) is 2.20. The summed E-state index contributed by atoms with van der Waals surface area (Å²) in [5.74, 6) is -0.931. The quantitative estimate of drug-likeness (QED) is 0.725. The number of hydrogen-bond acceptors (Lipinski definition) is 2. The van der Waals surface area contributed by atoms with E-state index >= 15 is 0 Å². The van der Waals surface area contributed by atoms with Crippen molar-refractivity contribution in [2.24, 2.45) is 4.99 Å². The molecule has 3 aromatic rings. The third kappa shape index (κ3) is 2.82. The maximum absolute atomic E-state index is 10.8. The summed E-state index contributed by atoms with van der Waals surface area (Å²) in [5, 5.41) is 11.2. The molecule has 3 nitrogen and oxygen atoms in total. The summed E-state index contributed by atoms with van der Waals surface area (Å²) < 4.78 is 0. The van der Waals surface area contributed by atoms with E-state index in [0.29, 0.717) is 0 Å². The lowest BCUT2D eigenvalue weighted by molar-refractivity contribution is 0.0697. The van der Waals surface area contributed by atoms with Crippen LogP contribution in [0.4, 0.5) is 5.69 Å².